The third kappa shape index (κ3) is 2.30. The highest BCUT2D eigenvalue weighted by atomic mass is 79.9. The number of halogens is 1. The Morgan fingerprint density at radius 1 is 1.38 bits per heavy atom. The van der Waals surface area contributed by atoms with Crippen molar-refractivity contribution in [1.29, 1.82) is 0 Å². The van der Waals surface area contributed by atoms with Gasteiger partial charge in [0.1, 0.15) is 0 Å². The summed E-state index contributed by atoms with van der Waals surface area (Å²) in [5, 5.41) is 3.89. The molecular weight excluding hydrogens is 292 g/mol. The van der Waals surface area contributed by atoms with Crippen molar-refractivity contribution in [2.75, 3.05) is 12.3 Å². The van der Waals surface area contributed by atoms with Crippen molar-refractivity contribution in [3.63, 3.8) is 0 Å². The van der Waals surface area contributed by atoms with Crippen molar-refractivity contribution < 1.29 is 4.74 Å². The largest absolute Gasteiger partial charge is 0.464 e. The molecule has 0 amide bonds. The Balaban J connectivity index is 2.45. The van der Waals surface area contributed by atoms with Crippen LogP contribution >= 0.6 is 27.3 Å². The monoisotopic (exact) mass is 300 g/mol. The van der Waals surface area contributed by atoms with Crippen LogP contribution in [-0.4, -0.2) is 21.6 Å². The van der Waals surface area contributed by atoms with Crippen molar-refractivity contribution in [3.8, 4) is 17.4 Å². The van der Waals surface area contributed by atoms with E-state index >= 15 is 0 Å². The van der Waals surface area contributed by atoms with Gasteiger partial charge in [0.05, 0.1) is 6.61 Å². The maximum absolute atomic E-state index is 5.59. The highest BCUT2D eigenvalue weighted by molar-refractivity contribution is 9.10. The molecule has 0 fully saturated rings. The van der Waals surface area contributed by atoms with Gasteiger partial charge in [-0.2, -0.15) is 26.3 Å². The number of nitrogen functional groups attached to an aromatic ring is 1. The zero-order valence-electron chi connectivity index (χ0n) is 8.48. The zero-order chi connectivity index (χ0) is 11.5. The quantitative estimate of drug-likeness (QED) is 0.942. The molecule has 0 bridgehead atoms. The predicted molar refractivity (Wildman–Crippen MR) is 66.4 cm³/mol. The van der Waals surface area contributed by atoms with E-state index in [4.69, 9.17) is 10.5 Å². The molecule has 7 heteroatoms. The maximum atomic E-state index is 5.59. The Morgan fingerprint density at radius 3 is 2.81 bits per heavy atom. The van der Waals surface area contributed by atoms with Gasteiger partial charge in [-0.25, -0.2) is 0 Å². The number of hydrogen-bond acceptors (Lipinski definition) is 6. The number of thiophene rings is 1. The van der Waals surface area contributed by atoms with Crippen molar-refractivity contribution in [2.24, 2.45) is 0 Å². The van der Waals surface area contributed by atoms with E-state index in [0.717, 1.165) is 10.0 Å². The lowest BCUT2D eigenvalue weighted by molar-refractivity contribution is 0.312. The highest BCUT2D eigenvalue weighted by Crippen LogP contribution is 2.30. The summed E-state index contributed by atoms with van der Waals surface area (Å²) in [4.78, 5) is 12.1. The molecule has 0 saturated carbocycles. The van der Waals surface area contributed by atoms with Crippen LogP contribution in [-0.2, 0) is 0 Å². The zero-order valence-corrected chi connectivity index (χ0v) is 10.9. The Kier molecular flexibility index (Phi) is 3.35. The fourth-order valence-electron chi connectivity index (χ4n) is 1.13. The van der Waals surface area contributed by atoms with Crippen molar-refractivity contribution in [2.45, 2.75) is 6.92 Å². The molecule has 5 nitrogen and oxygen atoms in total. The molecule has 2 aromatic rings. The van der Waals surface area contributed by atoms with Gasteiger partial charge in [0, 0.05) is 20.8 Å². The van der Waals surface area contributed by atoms with Gasteiger partial charge >= 0.3 is 6.01 Å². The number of hydrogen-bond donors (Lipinski definition) is 1. The first-order chi connectivity index (χ1) is 7.70. The minimum atomic E-state index is 0.159. The molecule has 2 aromatic heterocycles. The molecule has 0 aliphatic rings. The molecule has 0 atom stereocenters. The first-order valence-corrected chi connectivity index (χ1v) is 6.30. The minimum absolute atomic E-state index is 0.159. The van der Waals surface area contributed by atoms with Gasteiger partial charge in [0.15, 0.2) is 5.82 Å². The van der Waals surface area contributed by atoms with E-state index < -0.39 is 0 Å². The number of nitrogens with two attached hydrogens (primary N) is 1. The van der Waals surface area contributed by atoms with Gasteiger partial charge in [-0.3, -0.25) is 0 Å². The van der Waals surface area contributed by atoms with E-state index in [9.17, 15) is 0 Å². The molecular formula is C9H9BrN4OS. The van der Waals surface area contributed by atoms with E-state index in [1.807, 2.05) is 17.7 Å². The predicted octanol–water partition coefficient (Wildman–Crippen LogP) is 2.34. The Morgan fingerprint density at radius 2 is 2.19 bits per heavy atom. The van der Waals surface area contributed by atoms with Gasteiger partial charge < -0.3 is 10.5 Å². The average molecular weight is 301 g/mol. The van der Waals surface area contributed by atoms with Crippen LogP contribution in [0, 0.1) is 0 Å². The van der Waals surface area contributed by atoms with Crippen LogP contribution in [0.2, 0.25) is 0 Å². The molecule has 0 aliphatic carbocycles. The average Bonchev–Trinajstić information content (AvgIpc) is 2.64. The van der Waals surface area contributed by atoms with E-state index in [0.29, 0.717) is 12.4 Å². The third-order valence-electron chi connectivity index (χ3n) is 1.76. The summed E-state index contributed by atoms with van der Waals surface area (Å²) >= 11 is 4.98. The Bertz CT molecular complexity index is 502. The van der Waals surface area contributed by atoms with Crippen LogP contribution < -0.4 is 10.5 Å². The lowest BCUT2D eigenvalue weighted by Crippen LogP contribution is -2.04. The van der Waals surface area contributed by atoms with Crippen LogP contribution in [0.25, 0.3) is 11.4 Å². The van der Waals surface area contributed by atoms with E-state index in [1.54, 1.807) is 11.3 Å². The third-order valence-corrected chi connectivity index (χ3v) is 3.46. The summed E-state index contributed by atoms with van der Waals surface area (Å²) in [7, 11) is 0. The SMILES string of the molecule is CCOc1nc(N)nc(-c2cscc2Br)n1. The lowest BCUT2D eigenvalue weighted by Gasteiger charge is -2.03. The van der Waals surface area contributed by atoms with Gasteiger partial charge in [-0.1, -0.05) is 0 Å². The standard InChI is InChI=1S/C9H9BrN4OS/c1-2-15-9-13-7(12-8(11)14-9)5-3-16-4-6(5)10/h3-4H,2H2,1H3,(H2,11,12,13,14). The molecule has 0 saturated heterocycles. The molecule has 0 aliphatic heterocycles. The second kappa shape index (κ2) is 4.75. The van der Waals surface area contributed by atoms with Gasteiger partial charge in [0.25, 0.3) is 0 Å². The summed E-state index contributed by atoms with van der Waals surface area (Å²) in [6, 6.07) is 0.253. The molecule has 2 N–H and O–H groups in total. The number of nitrogens with zero attached hydrogens (tertiary/aromatic N) is 3. The second-order valence-corrected chi connectivity index (χ2v) is 4.46. The van der Waals surface area contributed by atoms with E-state index in [1.165, 1.54) is 0 Å². The first kappa shape index (κ1) is 11.3. The Labute approximate surface area is 105 Å². The first-order valence-electron chi connectivity index (χ1n) is 4.57. The molecule has 2 heterocycles. The van der Waals surface area contributed by atoms with Crippen LogP contribution in [0.5, 0.6) is 6.01 Å². The maximum Gasteiger partial charge on any atom is 0.321 e. The fourth-order valence-corrected chi connectivity index (χ4v) is 2.58. The summed E-state index contributed by atoms with van der Waals surface area (Å²) in [6.45, 7) is 2.36. The van der Waals surface area contributed by atoms with Crippen LogP contribution in [0.1, 0.15) is 6.92 Å². The molecule has 0 radical (unpaired) electrons. The molecule has 0 spiro atoms. The number of anilines is 1. The van der Waals surface area contributed by atoms with Crippen molar-refractivity contribution in [1.82, 2.24) is 15.0 Å². The normalized spacial score (nSPS) is 10.4. The van der Waals surface area contributed by atoms with Gasteiger partial charge in [0.2, 0.25) is 5.95 Å². The number of ether oxygens (including phenoxy) is 1. The molecule has 2 rings (SSSR count). The number of rotatable bonds is 3. The topological polar surface area (TPSA) is 73.9 Å². The fraction of sp³-hybridized carbons (Fsp3) is 0.222. The van der Waals surface area contributed by atoms with Crippen molar-refractivity contribution >= 4 is 33.2 Å². The molecule has 0 unspecified atom stereocenters. The minimum Gasteiger partial charge on any atom is -0.464 e. The molecule has 16 heavy (non-hydrogen) atoms. The smallest absolute Gasteiger partial charge is 0.321 e. The lowest BCUT2D eigenvalue weighted by atomic mass is 10.3. The highest BCUT2D eigenvalue weighted by Gasteiger charge is 2.11. The Hall–Kier alpha value is -1.21. The van der Waals surface area contributed by atoms with Gasteiger partial charge in [-0.15, -0.1) is 0 Å². The number of aromatic nitrogens is 3. The van der Waals surface area contributed by atoms with E-state index in [2.05, 4.69) is 30.9 Å². The van der Waals surface area contributed by atoms with Gasteiger partial charge in [-0.05, 0) is 22.9 Å². The summed E-state index contributed by atoms with van der Waals surface area (Å²) in [6.07, 6.45) is 0. The summed E-state index contributed by atoms with van der Waals surface area (Å²) in [5.41, 5.74) is 6.48. The second-order valence-electron chi connectivity index (χ2n) is 2.87. The summed E-state index contributed by atoms with van der Waals surface area (Å²) < 4.78 is 6.15. The van der Waals surface area contributed by atoms with Crippen molar-refractivity contribution in [3.05, 3.63) is 15.2 Å². The molecule has 0 aromatic carbocycles. The van der Waals surface area contributed by atoms with Crippen LogP contribution in [0.3, 0.4) is 0 Å². The summed E-state index contributed by atoms with van der Waals surface area (Å²) in [5.74, 6) is 0.677. The van der Waals surface area contributed by atoms with E-state index in [-0.39, 0.29) is 12.0 Å². The molecule has 84 valence electrons. The van der Waals surface area contributed by atoms with Crippen LogP contribution in [0.15, 0.2) is 15.2 Å². The van der Waals surface area contributed by atoms with Crippen LogP contribution in [0.4, 0.5) is 5.95 Å².